The highest BCUT2D eigenvalue weighted by molar-refractivity contribution is 8.00. The Morgan fingerprint density at radius 2 is 1.61 bits per heavy atom. The van der Waals surface area contributed by atoms with Crippen LogP contribution in [-0.2, 0) is 14.8 Å². The average molecular weight is 459 g/mol. The molecule has 0 atom stereocenters. The van der Waals surface area contributed by atoms with E-state index in [4.69, 9.17) is 23.2 Å². The number of aryl methyl sites for hydroxylation is 1. The lowest BCUT2D eigenvalue weighted by molar-refractivity contribution is -0.129. The van der Waals surface area contributed by atoms with Gasteiger partial charge in [0.2, 0.25) is 15.9 Å². The van der Waals surface area contributed by atoms with Gasteiger partial charge in [0.25, 0.3) is 0 Å². The third-order valence-corrected chi connectivity index (χ3v) is 8.57. The van der Waals surface area contributed by atoms with Crippen molar-refractivity contribution in [3.63, 3.8) is 0 Å². The van der Waals surface area contributed by atoms with Crippen molar-refractivity contribution in [2.45, 2.75) is 16.7 Å². The topological polar surface area (TPSA) is 57.7 Å². The molecule has 9 heteroatoms. The summed E-state index contributed by atoms with van der Waals surface area (Å²) in [5, 5.41) is 0.196. The third kappa shape index (κ3) is 4.66. The van der Waals surface area contributed by atoms with Crippen LogP contribution in [0.2, 0.25) is 10.0 Å². The average Bonchev–Trinajstić information content (AvgIpc) is 2.67. The maximum absolute atomic E-state index is 12.9. The second kappa shape index (κ2) is 9.05. The van der Waals surface area contributed by atoms with E-state index in [0.717, 1.165) is 10.5 Å². The van der Waals surface area contributed by atoms with E-state index in [1.54, 1.807) is 11.0 Å². The molecule has 1 amide bonds. The van der Waals surface area contributed by atoms with Crippen LogP contribution in [0.5, 0.6) is 0 Å². The second-order valence-corrected chi connectivity index (χ2v) is 10.1. The summed E-state index contributed by atoms with van der Waals surface area (Å²) in [6.07, 6.45) is 0. The zero-order valence-electron chi connectivity index (χ0n) is 15.3. The molecular formula is C19H20Cl2N2O3S2. The summed E-state index contributed by atoms with van der Waals surface area (Å²) in [7, 11) is -3.81. The van der Waals surface area contributed by atoms with Gasteiger partial charge in [-0.05, 0) is 30.7 Å². The molecule has 1 aliphatic heterocycles. The summed E-state index contributed by atoms with van der Waals surface area (Å²) in [6, 6.07) is 12.5. The van der Waals surface area contributed by atoms with Crippen LogP contribution in [0.25, 0.3) is 0 Å². The van der Waals surface area contributed by atoms with Crippen molar-refractivity contribution in [3.8, 4) is 0 Å². The number of rotatable bonds is 5. The first-order valence-corrected chi connectivity index (χ1v) is 11.9. The molecule has 150 valence electrons. The van der Waals surface area contributed by atoms with E-state index in [-0.39, 0.29) is 33.9 Å². The van der Waals surface area contributed by atoms with Crippen molar-refractivity contribution in [2.24, 2.45) is 0 Å². The molecule has 0 aromatic heterocycles. The fraction of sp³-hybridized carbons (Fsp3) is 0.316. The van der Waals surface area contributed by atoms with Crippen LogP contribution in [0.1, 0.15) is 5.56 Å². The second-order valence-electron chi connectivity index (χ2n) is 6.39. The predicted molar refractivity (Wildman–Crippen MR) is 114 cm³/mol. The van der Waals surface area contributed by atoms with Gasteiger partial charge in [-0.25, -0.2) is 8.42 Å². The first-order valence-electron chi connectivity index (χ1n) is 8.71. The SMILES string of the molecule is Cc1ccccc1SCC(=O)N1CCN(S(=O)(=O)c2c(Cl)cccc2Cl)CC1. The number of piperazine rings is 1. The fourth-order valence-corrected chi connectivity index (χ4v) is 6.43. The maximum Gasteiger partial charge on any atom is 0.246 e. The summed E-state index contributed by atoms with van der Waals surface area (Å²) in [5.74, 6) is 0.328. The summed E-state index contributed by atoms with van der Waals surface area (Å²) >= 11 is 13.6. The van der Waals surface area contributed by atoms with Gasteiger partial charge in [0.05, 0.1) is 15.8 Å². The number of carbonyl (C=O) groups is 1. The first-order chi connectivity index (χ1) is 13.3. The van der Waals surface area contributed by atoms with Crippen LogP contribution >= 0.6 is 35.0 Å². The van der Waals surface area contributed by atoms with Crippen LogP contribution in [0.4, 0.5) is 0 Å². The highest BCUT2D eigenvalue weighted by Gasteiger charge is 2.32. The minimum atomic E-state index is -3.81. The molecular weight excluding hydrogens is 439 g/mol. The number of sulfonamides is 1. The Morgan fingerprint density at radius 1 is 1.00 bits per heavy atom. The molecule has 0 radical (unpaired) electrons. The van der Waals surface area contributed by atoms with Gasteiger partial charge in [-0.2, -0.15) is 4.31 Å². The molecule has 0 aliphatic carbocycles. The Kier molecular flexibility index (Phi) is 6.94. The van der Waals surface area contributed by atoms with Gasteiger partial charge in [-0.1, -0.05) is 47.5 Å². The minimum absolute atomic E-state index is 0.000997. The standard InChI is InChI=1S/C19H20Cl2N2O3S2/c1-14-5-2-3-8-17(14)27-13-18(24)22-9-11-23(12-10-22)28(25,26)19-15(20)6-4-7-16(19)21/h2-8H,9-13H2,1H3. The van der Waals surface area contributed by atoms with Crippen molar-refractivity contribution in [2.75, 3.05) is 31.9 Å². The lowest BCUT2D eigenvalue weighted by Crippen LogP contribution is -2.51. The number of hydrogen-bond donors (Lipinski definition) is 0. The molecule has 1 aliphatic rings. The number of nitrogens with zero attached hydrogens (tertiary/aromatic N) is 2. The van der Waals surface area contributed by atoms with E-state index >= 15 is 0 Å². The highest BCUT2D eigenvalue weighted by atomic mass is 35.5. The molecule has 28 heavy (non-hydrogen) atoms. The summed E-state index contributed by atoms with van der Waals surface area (Å²) in [5.41, 5.74) is 1.13. The number of amides is 1. The van der Waals surface area contributed by atoms with Gasteiger partial charge in [0, 0.05) is 31.1 Å². The number of halogens is 2. The molecule has 1 heterocycles. The minimum Gasteiger partial charge on any atom is -0.339 e. The van der Waals surface area contributed by atoms with Crippen molar-refractivity contribution in [3.05, 3.63) is 58.1 Å². The predicted octanol–water partition coefficient (Wildman–Crippen LogP) is 3.93. The Hall–Kier alpha value is -1.25. The third-order valence-electron chi connectivity index (χ3n) is 4.55. The quantitative estimate of drug-likeness (QED) is 0.636. The van der Waals surface area contributed by atoms with Crippen molar-refractivity contribution < 1.29 is 13.2 Å². The highest BCUT2D eigenvalue weighted by Crippen LogP contribution is 2.32. The first kappa shape index (κ1) is 21.5. The van der Waals surface area contributed by atoms with Gasteiger partial charge < -0.3 is 4.90 Å². The molecule has 0 N–H and O–H groups in total. The van der Waals surface area contributed by atoms with Gasteiger partial charge in [0.15, 0.2) is 0 Å². The van der Waals surface area contributed by atoms with E-state index in [0.29, 0.717) is 18.8 Å². The van der Waals surface area contributed by atoms with E-state index < -0.39 is 10.0 Å². The van der Waals surface area contributed by atoms with Gasteiger partial charge in [-0.3, -0.25) is 4.79 Å². The monoisotopic (exact) mass is 458 g/mol. The molecule has 5 nitrogen and oxygen atoms in total. The van der Waals surface area contributed by atoms with Crippen molar-refractivity contribution in [1.82, 2.24) is 9.21 Å². The Morgan fingerprint density at radius 3 is 2.21 bits per heavy atom. The molecule has 1 saturated heterocycles. The van der Waals surface area contributed by atoms with Crippen molar-refractivity contribution >= 4 is 50.9 Å². The molecule has 0 unspecified atom stereocenters. The van der Waals surface area contributed by atoms with Crippen LogP contribution in [-0.4, -0.2) is 55.5 Å². The molecule has 0 spiro atoms. The van der Waals surface area contributed by atoms with Gasteiger partial charge in [-0.15, -0.1) is 11.8 Å². The molecule has 0 saturated carbocycles. The zero-order chi connectivity index (χ0) is 20.3. The van der Waals surface area contributed by atoms with Crippen LogP contribution < -0.4 is 0 Å². The van der Waals surface area contributed by atoms with Crippen LogP contribution in [0.15, 0.2) is 52.3 Å². The molecule has 2 aromatic rings. The van der Waals surface area contributed by atoms with E-state index in [9.17, 15) is 13.2 Å². The lowest BCUT2D eigenvalue weighted by Gasteiger charge is -2.34. The van der Waals surface area contributed by atoms with Crippen LogP contribution in [0, 0.1) is 6.92 Å². The lowest BCUT2D eigenvalue weighted by atomic mass is 10.2. The fourth-order valence-electron chi connectivity index (χ4n) is 2.99. The van der Waals surface area contributed by atoms with Gasteiger partial charge >= 0.3 is 0 Å². The smallest absolute Gasteiger partial charge is 0.246 e. The molecule has 1 fully saturated rings. The molecule has 3 rings (SSSR count). The summed E-state index contributed by atoms with van der Waals surface area (Å²) in [4.78, 5) is 15.2. The molecule has 0 bridgehead atoms. The summed E-state index contributed by atoms with van der Waals surface area (Å²) in [6.45, 7) is 3.12. The van der Waals surface area contributed by atoms with Crippen molar-refractivity contribution in [1.29, 1.82) is 0 Å². The Bertz CT molecular complexity index is 955. The van der Waals surface area contributed by atoms with Gasteiger partial charge in [0.1, 0.15) is 4.90 Å². The largest absolute Gasteiger partial charge is 0.339 e. The number of hydrogen-bond acceptors (Lipinski definition) is 4. The number of carbonyl (C=O) groups excluding carboxylic acids is 1. The normalized spacial score (nSPS) is 15.6. The number of benzene rings is 2. The zero-order valence-corrected chi connectivity index (χ0v) is 18.4. The summed E-state index contributed by atoms with van der Waals surface area (Å²) < 4.78 is 27.1. The van der Waals surface area contributed by atoms with Crippen LogP contribution in [0.3, 0.4) is 0 Å². The maximum atomic E-state index is 12.9. The van der Waals surface area contributed by atoms with E-state index in [1.165, 1.54) is 28.2 Å². The Labute approximate surface area is 179 Å². The number of thioether (sulfide) groups is 1. The molecule has 2 aromatic carbocycles. The van der Waals surface area contributed by atoms with E-state index in [1.807, 2.05) is 31.2 Å². The Balaban J connectivity index is 1.61. The van der Waals surface area contributed by atoms with E-state index in [2.05, 4.69) is 0 Å².